The van der Waals surface area contributed by atoms with Gasteiger partial charge in [0.25, 0.3) is 0 Å². The lowest BCUT2D eigenvalue weighted by molar-refractivity contribution is -0.954. The average molecular weight is 322 g/mol. The summed E-state index contributed by atoms with van der Waals surface area (Å²) in [5.74, 6) is 1.55. The minimum Gasteiger partial charge on any atom is -0.454 e. The van der Waals surface area contributed by atoms with Gasteiger partial charge in [0.05, 0.1) is 25.3 Å². The molecule has 2 aliphatic rings. The van der Waals surface area contributed by atoms with E-state index in [4.69, 9.17) is 14.2 Å². The van der Waals surface area contributed by atoms with Crippen LogP contribution in [-0.2, 0) is 11.3 Å². The monoisotopic (exact) mass is 322 g/mol. The number of rotatable bonds is 6. The molecule has 0 aliphatic carbocycles. The first-order valence-corrected chi connectivity index (χ1v) is 8.63. The summed E-state index contributed by atoms with van der Waals surface area (Å²) in [7, 11) is 0. The number of ether oxygens (including phenoxy) is 3. The van der Waals surface area contributed by atoms with Crippen LogP contribution in [0, 0.1) is 0 Å². The smallest absolute Gasteiger partial charge is 0.231 e. The van der Waals surface area contributed by atoms with Crippen LogP contribution in [0.3, 0.4) is 0 Å². The standard InChI is InChI=1S/C18H27NO4/c1-13-4-3-5-14(2)19(13)9-16(20)11-21-10-15-6-7-17-18(8-15)23-12-22-17/h6-8,13-14,16,20H,3-5,9-12H2,1-2H3/p+1/t13-,14-,16-/m0/s1. The van der Waals surface area contributed by atoms with Crippen LogP contribution in [0.5, 0.6) is 11.5 Å². The van der Waals surface area contributed by atoms with Crippen LogP contribution in [0.15, 0.2) is 18.2 Å². The molecule has 0 aromatic heterocycles. The lowest BCUT2D eigenvalue weighted by Gasteiger charge is -2.36. The lowest BCUT2D eigenvalue weighted by Crippen LogP contribution is -3.20. The summed E-state index contributed by atoms with van der Waals surface area (Å²) in [5.41, 5.74) is 1.04. The molecule has 5 nitrogen and oxygen atoms in total. The summed E-state index contributed by atoms with van der Waals surface area (Å²) in [6.07, 6.45) is 3.40. The molecule has 128 valence electrons. The van der Waals surface area contributed by atoms with Gasteiger partial charge in [-0.25, -0.2) is 0 Å². The van der Waals surface area contributed by atoms with Gasteiger partial charge in [-0.2, -0.15) is 0 Å². The van der Waals surface area contributed by atoms with Gasteiger partial charge >= 0.3 is 0 Å². The summed E-state index contributed by atoms with van der Waals surface area (Å²) in [5, 5.41) is 10.3. The highest BCUT2D eigenvalue weighted by Crippen LogP contribution is 2.32. The zero-order chi connectivity index (χ0) is 16.2. The first-order valence-electron chi connectivity index (χ1n) is 8.63. The zero-order valence-corrected chi connectivity index (χ0v) is 14.1. The highest BCUT2D eigenvalue weighted by atomic mass is 16.7. The highest BCUT2D eigenvalue weighted by Gasteiger charge is 2.30. The molecule has 2 N–H and O–H groups in total. The molecule has 1 aromatic carbocycles. The molecule has 0 unspecified atom stereocenters. The van der Waals surface area contributed by atoms with E-state index in [0.29, 0.717) is 25.3 Å². The molecule has 1 saturated heterocycles. The van der Waals surface area contributed by atoms with Crippen LogP contribution in [0.4, 0.5) is 0 Å². The second-order valence-electron chi connectivity index (χ2n) is 6.87. The maximum absolute atomic E-state index is 10.3. The van der Waals surface area contributed by atoms with E-state index in [-0.39, 0.29) is 6.79 Å². The Hall–Kier alpha value is -1.30. The van der Waals surface area contributed by atoms with E-state index in [0.717, 1.165) is 23.6 Å². The molecule has 1 fully saturated rings. The van der Waals surface area contributed by atoms with E-state index in [1.807, 2.05) is 18.2 Å². The van der Waals surface area contributed by atoms with Crippen LogP contribution in [0.2, 0.25) is 0 Å². The molecule has 0 saturated carbocycles. The molecule has 3 atom stereocenters. The Morgan fingerprint density at radius 1 is 1.22 bits per heavy atom. The highest BCUT2D eigenvalue weighted by molar-refractivity contribution is 5.44. The fourth-order valence-electron chi connectivity index (χ4n) is 3.66. The van der Waals surface area contributed by atoms with Crippen molar-refractivity contribution in [3.8, 4) is 11.5 Å². The van der Waals surface area contributed by atoms with Crippen molar-refractivity contribution in [2.24, 2.45) is 0 Å². The Morgan fingerprint density at radius 2 is 1.96 bits per heavy atom. The largest absolute Gasteiger partial charge is 0.454 e. The van der Waals surface area contributed by atoms with Crippen molar-refractivity contribution >= 4 is 0 Å². The van der Waals surface area contributed by atoms with E-state index >= 15 is 0 Å². The number of nitrogens with one attached hydrogen (secondary N) is 1. The van der Waals surface area contributed by atoms with Gasteiger partial charge in [-0.1, -0.05) is 6.07 Å². The van der Waals surface area contributed by atoms with Crippen LogP contribution >= 0.6 is 0 Å². The molecule has 3 rings (SSSR count). The molecule has 0 radical (unpaired) electrons. The van der Waals surface area contributed by atoms with Crippen LogP contribution in [0.25, 0.3) is 0 Å². The molecule has 1 aromatic rings. The van der Waals surface area contributed by atoms with E-state index < -0.39 is 6.10 Å². The molecule has 23 heavy (non-hydrogen) atoms. The van der Waals surface area contributed by atoms with Gasteiger partial charge < -0.3 is 24.2 Å². The maximum atomic E-state index is 10.3. The third-order valence-electron chi connectivity index (χ3n) is 5.03. The van der Waals surface area contributed by atoms with Crippen molar-refractivity contribution in [2.75, 3.05) is 19.9 Å². The maximum Gasteiger partial charge on any atom is 0.231 e. The van der Waals surface area contributed by atoms with Gasteiger partial charge in [0.2, 0.25) is 6.79 Å². The van der Waals surface area contributed by atoms with Crippen molar-refractivity contribution in [2.45, 2.75) is 57.9 Å². The van der Waals surface area contributed by atoms with Gasteiger partial charge in [0.15, 0.2) is 11.5 Å². The molecular weight excluding hydrogens is 294 g/mol. The van der Waals surface area contributed by atoms with Gasteiger partial charge in [0, 0.05) is 0 Å². The fraction of sp³-hybridized carbons (Fsp3) is 0.667. The Morgan fingerprint density at radius 3 is 2.74 bits per heavy atom. The van der Waals surface area contributed by atoms with Crippen molar-refractivity contribution in [1.82, 2.24) is 0 Å². The van der Waals surface area contributed by atoms with E-state index in [1.54, 1.807) is 0 Å². The van der Waals surface area contributed by atoms with Gasteiger partial charge in [-0.3, -0.25) is 0 Å². The lowest BCUT2D eigenvalue weighted by atomic mass is 9.97. The van der Waals surface area contributed by atoms with Crippen molar-refractivity contribution in [1.29, 1.82) is 0 Å². The number of hydrogen-bond acceptors (Lipinski definition) is 4. The van der Waals surface area contributed by atoms with Crippen molar-refractivity contribution in [3.63, 3.8) is 0 Å². The zero-order valence-electron chi connectivity index (χ0n) is 14.1. The van der Waals surface area contributed by atoms with Crippen LogP contribution in [-0.4, -0.2) is 43.2 Å². The summed E-state index contributed by atoms with van der Waals surface area (Å²) < 4.78 is 16.3. The predicted octanol–water partition coefficient (Wildman–Crippen LogP) is 1.14. The predicted molar refractivity (Wildman–Crippen MR) is 86.8 cm³/mol. The summed E-state index contributed by atoms with van der Waals surface area (Å²) in [6.45, 7) is 6.47. The summed E-state index contributed by atoms with van der Waals surface area (Å²) in [6, 6.07) is 7.07. The Balaban J connectivity index is 1.43. The molecule has 5 heteroatoms. The average Bonchev–Trinajstić information content (AvgIpc) is 2.99. The van der Waals surface area contributed by atoms with Gasteiger partial charge in [-0.15, -0.1) is 0 Å². The Bertz CT molecular complexity index is 512. The minimum absolute atomic E-state index is 0.285. The molecule has 0 spiro atoms. The second kappa shape index (κ2) is 7.51. The quantitative estimate of drug-likeness (QED) is 0.825. The summed E-state index contributed by atoms with van der Waals surface area (Å²) >= 11 is 0. The summed E-state index contributed by atoms with van der Waals surface area (Å²) in [4.78, 5) is 1.51. The number of benzene rings is 1. The number of likely N-dealkylation sites (tertiary alicyclic amines) is 1. The van der Waals surface area contributed by atoms with E-state index in [2.05, 4.69) is 13.8 Å². The van der Waals surface area contributed by atoms with Gasteiger partial charge in [-0.05, 0) is 50.8 Å². The van der Waals surface area contributed by atoms with Crippen molar-refractivity contribution in [3.05, 3.63) is 23.8 Å². The number of aliphatic hydroxyl groups excluding tert-OH is 1. The van der Waals surface area contributed by atoms with Crippen LogP contribution in [0.1, 0.15) is 38.7 Å². The first kappa shape index (κ1) is 16.6. The number of quaternary nitrogens is 1. The Kier molecular flexibility index (Phi) is 5.41. The topological polar surface area (TPSA) is 52.4 Å². The van der Waals surface area contributed by atoms with Gasteiger partial charge in [0.1, 0.15) is 12.6 Å². The van der Waals surface area contributed by atoms with E-state index in [1.165, 1.54) is 24.2 Å². The third-order valence-corrected chi connectivity index (χ3v) is 5.03. The van der Waals surface area contributed by atoms with E-state index in [9.17, 15) is 5.11 Å². The number of hydrogen-bond donors (Lipinski definition) is 2. The molecular formula is C18H28NO4+. The first-order chi connectivity index (χ1) is 11.1. The molecule has 2 heterocycles. The normalized spacial score (nSPS) is 25.5. The second-order valence-corrected chi connectivity index (χ2v) is 6.87. The third kappa shape index (κ3) is 4.16. The molecule has 0 bridgehead atoms. The number of aliphatic hydroxyl groups is 1. The molecule has 2 aliphatic heterocycles. The number of fused-ring (bicyclic) bond motifs is 1. The van der Waals surface area contributed by atoms with Crippen LogP contribution < -0.4 is 14.4 Å². The fourth-order valence-corrected chi connectivity index (χ4v) is 3.66. The minimum atomic E-state index is -0.415. The molecule has 0 amide bonds. The number of piperidine rings is 1. The Labute approximate surface area is 138 Å². The van der Waals surface area contributed by atoms with Crippen molar-refractivity contribution < 1.29 is 24.2 Å². The SMILES string of the molecule is C[C@H]1CCC[C@H](C)[NH+]1C[C@H](O)COCc1ccc2c(c1)OCO2.